The predicted octanol–water partition coefficient (Wildman–Crippen LogP) is 1.96. The highest BCUT2D eigenvalue weighted by molar-refractivity contribution is 14.1. The maximum Gasteiger partial charge on any atom is 0.213 e. The van der Waals surface area contributed by atoms with E-state index in [0.717, 1.165) is 3.84 Å². The summed E-state index contributed by atoms with van der Waals surface area (Å²) in [7, 11) is 0. The molecule has 0 aliphatic carbocycles. The van der Waals surface area contributed by atoms with Crippen molar-refractivity contribution in [3.63, 3.8) is 0 Å². The second-order valence-corrected chi connectivity index (χ2v) is 3.00. The summed E-state index contributed by atoms with van der Waals surface area (Å²) in [6.45, 7) is 0. The Bertz CT molecular complexity index is 129. The molecule has 0 aromatic carbocycles. The highest BCUT2D eigenvalue weighted by Crippen LogP contribution is 2.14. The molecule has 0 amide bonds. The number of nitrogens with zero attached hydrogens (tertiary/aromatic N) is 3. The number of hydrogen-bond donors (Lipinski definition) is 0. The summed E-state index contributed by atoms with van der Waals surface area (Å²) in [5.74, 6) is 0. The monoisotopic (exact) mass is 321 g/mol. The number of alkyl halides is 1. The first-order valence-electron chi connectivity index (χ1n) is 1.57. The summed E-state index contributed by atoms with van der Waals surface area (Å²) >= 11 is 4.13. The number of azo groups is 1. The van der Waals surface area contributed by atoms with Crippen molar-refractivity contribution in [1.29, 1.82) is 0 Å². The number of rotatable bonds is 0. The molecule has 1 aliphatic heterocycles. The molecule has 0 spiro atoms. The van der Waals surface area contributed by atoms with Crippen LogP contribution in [0.15, 0.2) is 15.2 Å². The quantitative estimate of drug-likeness (QED) is 0.372. The van der Waals surface area contributed by atoms with Crippen LogP contribution in [0.2, 0.25) is 0 Å². The lowest BCUT2D eigenvalue weighted by Gasteiger charge is -1.79. The molecule has 5 heteroatoms. The van der Waals surface area contributed by atoms with Gasteiger partial charge in [-0.25, -0.2) is 4.99 Å². The zero-order valence-corrected chi connectivity index (χ0v) is 7.49. The van der Waals surface area contributed by atoms with Gasteiger partial charge in [0.25, 0.3) is 0 Å². The normalized spacial score (nSPS) is 28.3. The fourth-order valence-electron chi connectivity index (χ4n) is 0.235. The standard InChI is InChI=1S/C2HI2N3/c3-1-5-2(4)7-6-1/h1H. The predicted molar refractivity (Wildman–Crippen MR) is 44.1 cm³/mol. The van der Waals surface area contributed by atoms with E-state index in [1.165, 1.54) is 0 Å². The van der Waals surface area contributed by atoms with Crippen LogP contribution in [0.3, 0.4) is 0 Å². The Kier molecular flexibility index (Phi) is 1.95. The number of amidine groups is 1. The van der Waals surface area contributed by atoms with Crippen LogP contribution in [-0.4, -0.2) is 8.01 Å². The zero-order chi connectivity index (χ0) is 5.28. The molecule has 1 atom stereocenters. The maximum atomic E-state index is 3.95. The average Bonchev–Trinajstić information content (AvgIpc) is 1.87. The summed E-state index contributed by atoms with van der Waals surface area (Å²) in [4.78, 5) is 3.95. The van der Waals surface area contributed by atoms with Crippen LogP contribution in [0, 0.1) is 0 Å². The molecule has 3 nitrogen and oxygen atoms in total. The molecule has 1 heterocycles. The molecule has 0 radical (unpaired) electrons. The molecule has 0 bridgehead atoms. The number of aliphatic imine (C=N–C) groups is 1. The smallest absolute Gasteiger partial charge is 0.213 e. The van der Waals surface area contributed by atoms with E-state index in [4.69, 9.17) is 0 Å². The fraction of sp³-hybridized carbons (Fsp3) is 0.500. The van der Waals surface area contributed by atoms with Gasteiger partial charge in [0.2, 0.25) is 8.01 Å². The van der Waals surface area contributed by atoms with Gasteiger partial charge in [0.05, 0.1) is 0 Å². The van der Waals surface area contributed by atoms with Gasteiger partial charge in [-0.15, -0.1) is 10.2 Å². The molecule has 7 heavy (non-hydrogen) atoms. The maximum absolute atomic E-state index is 3.95. The fourth-order valence-corrected chi connectivity index (χ4v) is 1.54. The number of hydrogen-bond acceptors (Lipinski definition) is 3. The Balaban J connectivity index is 2.69. The van der Waals surface area contributed by atoms with Crippen molar-refractivity contribution in [3.05, 3.63) is 0 Å². The lowest BCUT2D eigenvalue weighted by atomic mass is 11.2. The summed E-state index contributed by atoms with van der Waals surface area (Å²) in [6, 6.07) is 0. The zero-order valence-electron chi connectivity index (χ0n) is 3.17. The van der Waals surface area contributed by atoms with Crippen LogP contribution in [0.1, 0.15) is 0 Å². The van der Waals surface area contributed by atoms with Gasteiger partial charge in [0.1, 0.15) is 0 Å². The molecular weight excluding hydrogens is 320 g/mol. The Labute approximate surface area is 68.0 Å². The van der Waals surface area contributed by atoms with Gasteiger partial charge in [0, 0.05) is 22.6 Å². The van der Waals surface area contributed by atoms with Crippen LogP contribution in [0.25, 0.3) is 0 Å². The Morgan fingerprint density at radius 2 is 2.29 bits per heavy atom. The van der Waals surface area contributed by atoms with E-state index >= 15 is 0 Å². The van der Waals surface area contributed by atoms with Crippen molar-refractivity contribution in [1.82, 2.24) is 0 Å². The van der Waals surface area contributed by atoms with Crippen LogP contribution >= 0.6 is 45.2 Å². The van der Waals surface area contributed by atoms with Crippen molar-refractivity contribution < 1.29 is 0 Å². The molecule has 0 saturated heterocycles. The number of halogens is 2. The average molecular weight is 321 g/mol. The lowest BCUT2D eigenvalue weighted by molar-refractivity contribution is 1.01. The first-order valence-corrected chi connectivity index (χ1v) is 3.90. The van der Waals surface area contributed by atoms with Crippen molar-refractivity contribution >= 4 is 49.0 Å². The summed E-state index contributed by atoms with van der Waals surface area (Å²) in [6.07, 6.45) is 0. The largest absolute Gasteiger partial charge is 0.220 e. The highest BCUT2D eigenvalue weighted by Gasteiger charge is 2.04. The summed E-state index contributed by atoms with van der Waals surface area (Å²) in [5.41, 5.74) is 0. The minimum Gasteiger partial charge on any atom is -0.220 e. The minimum absolute atomic E-state index is 0.0319. The van der Waals surface area contributed by atoms with E-state index in [1.807, 2.05) is 22.6 Å². The van der Waals surface area contributed by atoms with Gasteiger partial charge in [-0.3, -0.25) is 0 Å². The lowest BCUT2D eigenvalue weighted by Crippen LogP contribution is -1.77. The molecular formula is C2HI2N3. The molecule has 0 N–H and O–H groups in total. The van der Waals surface area contributed by atoms with E-state index in [2.05, 4.69) is 37.8 Å². The summed E-state index contributed by atoms with van der Waals surface area (Å²) in [5, 5.41) is 7.39. The van der Waals surface area contributed by atoms with Gasteiger partial charge in [-0.2, -0.15) is 0 Å². The first-order chi connectivity index (χ1) is 3.29. The molecule has 0 aromatic heterocycles. The van der Waals surface area contributed by atoms with Crippen molar-refractivity contribution in [2.24, 2.45) is 15.2 Å². The topological polar surface area (TPSA) is 37.1 Å². The third-order valence-corrected chi connectivity index (χ3v) is 1.47. The van der Waals surface area contributed by atoms with Crippen LogP contribution in [-0.2, 0) is 0 Å². The summed E-state index contributed by atoms with van der Waals surface area (Å²) < 4.78 is 0.779. The van der Waals surface area contributed by atoms with E-state index < -0.39 is 0 Å². The van der Waals surface area contributed by atoms with Gasteiger partial charge in [0.15, 0.2) is 0 Å². The first kappa shape index (κ1) is 5.86. The molecule has 0 saturated carbocycles. The van der Waals surface area contributed by atoms with E-state index in [9.17, 15) is 0 Å². The minimum atomic E-state index is 0.0319. The third kappa shape index (κ3) is 1.59. The van der Waals surface area contributed by atoms with Gasteiger partial charge < -0.3 is 0 Å². The van der Waals surface area contributed by atoms with Crippen LogP contribution in [0.4, 0.5) is 0 Å². The Morgan fingerprint density at radius 1 is 1.57 bits per heavy atom. The molecule has 1 rings (SSSR count). The highest BCUT2D eigenvalue weighted by atomic mass is 127. The molecule has 1 unspecified atom stereocenters. The Hall–Kier alpha value is 0.730. The SMILES string of the molecule is IC1=NC(I)N=N1. The second kappa shape index (κ2) is 2.33. The van der Waals surface area contributed by atoms with E-state index in [-0.39, 0.29) is 4.17 Å². The molecule has 1 aliphatic rings. The Morgan fingerprint density at radius 3 is 2.43 bits per heavy atom. The van der Waals surface area contributed by atoms with Crippen molar-refractivity contribution in [2.75, 3.05) is 0 Å². The van der Waals surface area contributed by atoms with Gasteiger partial charge in [-0.1, -0.05) is 0 Å². The van der Waals surface area contributed by atoms with E-state index in [0.29, 0.717) is 0 Å². The van der Waals surface area contributed by atoms with Gasteiger partial charge >= 0.3 is 0 Å². The van der Waals surface area contributed by atoms with E-state index in [1.54, 1.807) is 0 Å². The second-order valence-electron chi connectivity index (χ2n) is 0.924. The third-order valence-electron chi connectivity index (χ3n) is 0.449. The van der Waals surface area contributed by atoms with Crippen molar-refractivity contribution in [3.8, 4) is 0 Å². The van der Waals surface area contributed by atoms with Crippen molar-refractivity contribution in [2.45, 2.75) is 4.17 Å². The van der Waals surface area contributed by atoms with Gasteiger partial charge in [-0.05, 0) is 22.6 Å². The molecule has 0 aromatic rings. The molecule has 0 fully saturated rings. The molecule has 38 valence electrons. The van der Waals surface area contributed by atoms with Crippen LogP contribution in [0.5, 0.6) is 0 Å². The van der Waals surface area contributed by atoms with Crippen LogP contribution < -0.4 is 0 Å².